The molecule has 1 amide bonds. The molecule has 3 rings (SSSR count). The fourth-order valence-corrected chi connectivity index (χ4v) is 2.53. The topological polar surface area (TPSA) is 87.0 Å². The molecule has 2 aromatic carbocycles. The Bertz CT molecular complexity index is 922. The van der Waals surface area contributed by atoms with E-state index < -0.39 is 5.91 Å². The fraction of sp³-hybridized carbons (Fsp3) is 0.0625. The fourth-order valence-electron chi connectivity index (χ4n) is 2.05. The SMILES string of the molecule is O=C(COc1ccc(Cl)cc1)N=Nc1c(O)[nH]c2ccc(Br)cc12. The van der Waals surface area contributed by atoms with E-state index in [-0.39, 0.29) is 18.2 Å². The van der Waals surface area contributed by atoms with Crippen molar-refractivity contribution >= 4 is 50.0 Å². The number of fused-ring (bicyclic) bond motifs is 1. The second kappa shape index (κ2) is 7.02. The third-order valence-corrected chi connectivity index (χ3v) is 3.90. The van der Waals surface area contributed by atoms with E-state index in [9.17, 15) is 9.90 Å². The maximum Gasteiger partial charge on any atom is 0.302 e. The number of carbonyl (C=O) groups excluding carboxylic acids is 1. The van der Waals surface area contributed by atoms with E-state index in [1.54, 1.807) is 36.4 Å². The zero-order valence-corrected chi connectivity index (χ0v) is 14.5. The van der Waals surface area contributed by atoms with Gasteiger partial charge in [-0.1, -0.05) is 27.5 Å². The van der Waals surface area contributed by atoms with Crippen molar-refractivity contribution in [1.29, 1.82) is 0 Å². The number of aromatic amines is 1. The molecule has 0 aliphatic heterocycles. The van der Waals surface area contributed by atoms with Gasteiger partial charge in [-0.2, -0.15) is 0 Å². The Labute approximate surface area is 150 Å². The van der Waals surface area contributed by atoms with Crippen LogP contribution in [0.5, 0.6) is 11.6 Å². The molecule has 0 aliphatic carbocycles. The molecule has 0 spiro atoms. The molecule has 2 N–H and O–H groups in total. The Morgan fingerprint density at radius 3 is 2.75 bits per heavy atom. The molecule has 0 saturated heterocycles. The zero-order valence-electron chi connectivity index (χ0n) is 12.2. The molecule has 1 heterocycles. The van der Waals surface area contributed by atoms with E-state index in [4.69, 9.17) is 16.3 Å². The van der Waals surface area contributed by atoms with Crippen LogP contribution < -0.4 is 4.74 Å². The lowest BCUT2D eigenvalue weighted by atomic mass is 10.2. The van der Waals surface area contributed by atoms with Gasteiger partial charge < -0.3 is 14.8 Å². The van der Waals surface area contributed by atoms with Crippen LogP contribution in [0.4, 0.5) is 5.69 Å². The second-order valence-electron chi connectivity index (χ2n) is 4.85. The average molecular weight is 409 g/mol. The molecule has 1 aromatic heterocycles. The molecule has 24 heavy (non-hydrogen) atoms. The maximum atomic E-state index is 11.8. The number of ether oxygens (including phenoxy) is 1. The molecule has 0 radical (unpaired) electrons. The minimum absolute atomic E-state index is 0.154. The standard InChI is InChI=1S/C16H11BrClN3O3/c17-9-1-6-13-12(7-9)15(16(23)19-13)21-20-14(22)8-24-11-4-2-10(18)3-5-11/h1-7,19,23H,8H2. The predicted molar refractivity (Wildman–Crippen MR) is 94.1 cm³/mol. The first-order valence-electron chi connectivity index (χ1n) is 6.86. The molecule has 0 fully saturated rings. The molecule has 0 saturated carbocycles. The van der Waals surface area contributed by atoms with Crippen molar-refractivity contribution in [1.82, 2.24) is 4.98 Å². The summed E-state index contributed by atoms with van der Waals surface area (Å²) in [5, 5.41) is 18.5. The van der Waals surface area contributed by atoms with Gasteiger partial charge in [0.15, 0.2) is 12.3 Å². The molecule has 122 valence electrons. The van der Waals surface area contributed by atoms with Crippen LogP contribution in [0, 0.1) is 0 Å². The number of nitrogens with zero attached hydrogens (tertiary/aromatic N) is 2. The van der Waals surface area contributed by atoms with Gasteiger partial charge in [0.1, 0.15) is 5.75 Å². The summed E-state index contributed by atoms with van der Waals surface area (Å²) in [6.07, 6.45) is 0. The summed E-state index contributed by atoms with van der Waals surface area (Å²) >= 11 is 9.12. The Morgan fingerprint density at radius 2 is 2.00 bits per heavy atom. The highest BCUT2D eigenvalue weighted by Gasteiger charge is 2.11. The van der Waals surface area contributed by atoms with Crippen LogP contribution in [0.15, 0.2) is 57.2 Å². The number of aromatic hydroxyl groups is 1. The lowest BCUT2D eigenvalue weighted by Crippen LogP contribution is -2.07. The molecule has 0 aliphatic rings. The Morgan fingerprint density at radius 1 is 1.25 bits per heavy atom. The molecule has 0 atom stereocenters. The number of azo groups is 1. The number of benzene rings is 2. The van der Waals surface area contributed by atoms with Crippen LogP contribution in [-0.2, 0) is 4.79 Å². The molecule has 8 heteroatoms. The molecule has 0 unspecified atom stereocenters. The summed E-state index contributed by atoms with van der Waals surface area (Å²) < 4.78 is 6.11. The normalized spacial score (nSPS) is 11.2. The summed E-state index contributed by atoms with van der Waals surface area (Å²) in [5.74, 6) is -0.228. The molecule has 3 aromatic rings. The minimum atomic E-state index is -0.575. The van der Waals surface area contributed by atoms with E-state index >= 15 is 0 Å². The first-order chi connectivity index (χ1) is 11.5. The Hall–Kier alpha value is -2.38. The van der Waals surface area contributed by atoms with Gasteiger partial charge in [0.05, 0.1) is 5.52 Å². The minimum Gasteiger partial charge on any atom is -0.493 e. The third kappa shape index (κ3) is 3.74. The van der Waals surface area contributed by atoms with Gasteiger partial charge in [-0.05, 0) is 42.5 Å². The summed E-state index contributed by atoms with van der Waals surface area (Å²) in [4.78, 5) is 14.5. The molecule has 0 bridgehead atoms. The average Bonchev–Trinajstić information content (AvgIpc) is 2.87. The number of rotatable bonds is 4. The molecular formula is C16H11BrClN3O3. The first-order valence-corrected chi connectivity index (χ1v) is 8.03. The van der Waals surface area contributed by atoms with E-state index in [1.165, 1.54) is 0 Å². The van der Waals surface area contributed by atoms with E-state index in [2.05, 4.69) is 31.1 Å². The second-order valence-corrected chi connectivity index (χ2v) is 6.20. The van der Waals surface area contributed by atoms with Gasteiger partial charge in [-0.25, -0.2) is 0 Å². The van der Waals surface area contributed by atoms with Crippen LogP contribution in [0.1, 0.15) is 0 Å². The predicted octanol–water partition coefficient (Wildman–Crippen LogP) is 4.98. The Balaban J connectivity index is 1.71. The maximum absolute atomic E-state index is 11.8. The van der Waals surface area contributed by atoms with Crippen LogP contribution in [-0.4, -0.2) is 22.6 Å². The molecular weight excluding hydrogens is 398 g/mol. The highest BCUT2D eigenvalue weighted by atomic mass is 79.9. The Kier molecular flexibility index (Phi) is 4.82. The van der Waals surface area contributed by atoms with Crippen LogP contribution >= 0.6 is 27.5 Å². The van der Waals surface area contributed by atoms with Gasteiger partial charge in [0, 0.05) is 14.9 Å². The van der Waals surface area contributed by atoms with Gasteiger partial charge in [0.2, 0.25) is 5.88 Å². The lowest BCUT2D eigenvalue weighted by molar-refractivity contribution is -0.120. The van der Waals surface area contributed by atoms with Gasteiger partial charge in [0.25, 0.3) is 0 Å². The van der Waals surface area contributed by atoms with Crippen molar-refractivity contribution in [2.45, 2.75) is 0 Å². The van der Waals surface area contributed by atoms with Crippen LogP contribution in [0.25, 0.3) is 10.9 Å². The first kappa shape index (κ1) is 16.5. The summed E-state index contributed by atoms with van der Waals surface area (Å²) in [5.41, 5.74) is 0.889. The smallest absolute Gasteiger partial charge is 0.302 e. The monoisotopic (exact) mass is 407 g/mol. The van der Waals surface area contributed by atoms with Gasteiger partial charge in [-0.15, -0.1) is 10.2 Å². The van der Waals surface area contributed by atoms with Crippen LogP contribution in [0.3, 0.4) is 0 Å². The number of nitrogens with one attached hydrogen (secondary N) is 1. The number of carbonyl (C=O) groups is 1. The van der Waals surface area contributed by atoms with Crippen molar-refractivity contribution < 1.29 is 14.6 Å². The van der Waals surface area contributed by atoms with Crippen LogP contribution in [0.2, 0.25) is 5.02 Å². The van der Waals surface area contributed by atoms with Crippen molar-refractivity contribution in [2.75, 3.05) is 6.61 Å². The summed E-state index contributed by atoms with van der Waals surface area (Å²) in [6, 6.07) is 12.0. The van der Waals surface area contributed by atoms with Crippen molar-refractivity contribution in [3.63, 3.8) is 0 Å². The number of hydrogen-bond donors (Lipinski definition) is 2. The summed E-state index contributed by atoms with van der Waals surface area (Å²) in [6.45, 7) is -0.266. The van der Waals surface area contributed by atoms with Crippen molar-refractivity contribution in [3.05, 3.63) is 52.0 Å². The highest BCUT2D eigenvalue weighted by Crippen LogP contribution is 2.36. The summed E-state index contributed by atoms with van der Waals surface area (Å²) in [7, 11) is 0. The number of aromatic nitrogens is 1. The van der Waals surface area contributed by atoms with Crippen molar-refractivity contribution in [3.8, 4) is 11.6 Å². The quantitative estimate of drug-likeness (QED) is 0.597. The van der Waals surface area contributed by atoms with E-state index in [1.807, 2.05) is 6.07 Å². The van der Waals surface area contributed by atoms with E-state index in [0.29, 0.717) is 21.7 Å². The largest absolute Gasteiger partial charge is 0.493 e. The molecule has 6 nitrogen and oxygen atoms in total. The third-order valence-electron chi connectivity index (χ3n) is 3.15. The highest BCUT2D eigenvalue weighted by molar-refractivity contribution is 9.10. The van der Waals surface area contributed by atoms with Gasteiger partial charge >= 0.3 is 5.91 Å². The number of halogens is 2. The number of hydrogen-bond acceptors (Lipinski definition) is 4. The zero-order chi connectivity index (χ0) is 17.1. The van der Waals surface area contributed by atoms with Gasteiger partial charge in [-0.3, -0.25) is 4.79 Å². The number of H-pyrrole nitrogens is 1. The van der Waals surface area contributed by atoms with Crippen molar-refractivity contribution in [2.24, 2.45) is 10.2 Å². The number of amides is 1. The van der Waals surface area contributed by atoms with E-state index in [0.717, 1.165) is 4.47 Å². The lowest BCUT2D eigenvalue weighted by Gasteiger charge is -2.02.